The van der Waals surface area contributed by atoms with Crippen molar-refractivity contribution in [2.75, 3.05) is 0 Å². The molecule has 3 rings (SSSR count). The quantitative estimate of drug-likeness (QED) is 0.652. The molecule has 21 heavy (non-hydrogen) atoms. The number of carbonyl (C=O) groups excluding carboxylic acids is 3. The zero-order chi connectivity index (χ0) is 15.1. The predicted octanol–water partition coefficient (Wildman–Crippen LogP) is 4.66. The van der Waals surface area contributed by atoms with Crippen molar-refractivity contribution in [1.82, 2.24) is 0 Å². The smallest absolute Gasteiger partial charge is 0.151 e. The van der Waals surface area contributed by atoms with Crippen molar-refractivity contribution >= 4 is 52.9 Å². The Balaban J connectivity index is 0.000000194. The van der Waals surface area contributed by atoms with Crippen LogP contribution in [0, 0.1) is 0 Å². The van der Waals surface area contributed by atoms with Crippen LogP contribution in [0.4, 0.5) is 0 Å². The van der Waals surface area contributed by atoms with Gasteiger partial charge in [0.15, 0.2) is 18.9 Å². The zero-order valence-electron chi connectivity index (χ0n) is 10.7. The molecule has 0 amide bonds. The molecule has 0 spiro atoms. The second-order valence-corrected chi connectivity index (χ2v) is 6.43. The first-order chi connectivity index (χ1) is 10.3. The monoisotopic (exact) mass is 334 g/mol. The average Bonchev–Trinajstić information content (AvgIpc) is 3.25. The van der Waals surface area contributed by atoms with E-state index in [0.717, 1.165) is 34.2 Å². The van der Waals surface area contributed by atoms with Crippen LogP contribution in [-0.2, 0) is 0 Å². The molecule has 0 saturated carbocycles. The number of hydrogen-bond donors (Lipinski definition) is 0. The van der Waals surface area contributed by atoms with Gasteiger partial charge in [-0.25, -0.2) is 0 Å². The van der Waals surface area contributed by atoms with Crippen molar-refractivity contribution in [3.05, 3.63) is 56.4 Å². The second kappa shape index (κ2) is 7.78. The molecule has 0 saturated heterocycles. The molecule has 6 heteroatoms. The summed E-state index contributed by atoms with van der Waals surface area (Å²) in [6.45, 7) is 0. The highest BCUT2D eigenvalue weighted by Gasteiger charge is 2.11. The van der Waals surface area contributed by atoms with E-state index >= 15 is 0 Å². The van der Waals surface area contributed by atoms with Crippen LogP contribution in [0.1, 0.15) is 31.1 Å². The topological polar surface area (TPSA) is 51.2 Å². The van der Waals surface area contributed by atoms with Crippen molar-refractivity contribution < 1.29 is 14.4 Å². The molecule has 0 N–H and O–H groups in total. The van der Waals surface area contributed by atoms with Gasteiger partial charge in [-0.2, -0.15) is 11.3 Å². The number of carbonyl (C=O) groups is 3. The van der Waals surface area contributed by atoms with Gasteiger partial charge < -0.3 is 0 Å². The number of hydrogen-bond acceptors (Lipinski definition) is 6. The van der Waals surface area contributed by atoms with Gasteiger partial charge in [0, 0.05) is 22.1 Å². The summed E-state index contributed by atoms with van der Waals surface area (Å²) in [7, 11) is 0. The Morgan fingerprint density at radius 3 is 1.62 bits per heavy atom. The fraction of sp³-hybridized carbons (Fsp3) is 0. The fourth-order valence-electron chi connectivity index (χ4n) is 1.54. The third-order valence-corrected chi connectivity index (χ3v) is 5.26. The van der Waals surface area contributed by atoms with Crippen LogP contribution < -0.4 is 0 Å². The molecular weight excluding hydrogens is 324 g/mol. The number of rotatable bonds is 4. The van der Waals surface area contributed by atoms with Crippen molar-refractivity contribution in [1.29, 1.82) is 0 Å². The number of aldehydes is 3. The predicted molar refractivity (Wildman–Crippen MR) is 88.1 cm³/mol. The van der Waals surface area contributed by atoms with Gasteiger partial charge in [0.05, 0.1) is 9.75 Å². The van der Waals surface area contributed by atoms with E-state index in [-0.39, 0.29) is 0 Å². The highest BCUT2D eigenvalue weighted by molar-refractivity contribution is 7.21. The maximum Gasteiger partial charge on any atom is 0.151 e. The van der Waals surface area contributed by atoms with Crippen LogP contribution in [0.2, 0.25) is 0 Å². The molecular formula is C15H10O3S3. The summed E-state index contributed by atoms with van der Waals surface area (Å²) in [6, 6.07) is 5.32. The van der Waals surface area contributed by atoms with Gasteiger partial charge in [0.2, 0.25) is 0 Å². The molecule has 3 aromatic heterocycles. The lowest BCUT2D eigenvalue weighted by molar-refractivity contribution is 0.111. The summed E-state index contributed by atoms with van der Waals surface area (Å²) in [5.41, 5.74) is 2.08. The first-order valence-electron chi connectivity index (χ1n) is 5.83. The van der Waals surface area contributed by atoms with Gasteiger partial charge in [0.1, 0.15) is 0 Å². The maximum absolute atomic E-state index is 10.7. The Bertz CT molecular complexity index is 679. The Morgan fingerprint density at radius 2 is 1.29 bits per heavy atom. The molecule has 0 unspecified atom stereocenters. The van der Waals surface area contributed by atoms with E-state index in [1.165, 1.54) is 34.0 Å². The largest absolute Gasteiger partial charge is 0.298 e. The van der Waals surface area contributed by atoms with Gasteiger partial charge in [-0.3, -0.25) is 14.4 Å². The standard InChI is InChI=1S/C10H6O2S2.C5H4OS/c11-5-7-1-3-13-9(7)10-8(6-12)2-4-14-10;6-3-5-1-2-7-4-5/h1-6H;1-4H. The van der Waals surface area contributed by atoms with Crippen LogP contribution in [0.5, 0.6) is 0 Å². The molecule has 3 heterocycles. The molecule has 106 valence electrons. The van der Waals surface area contributed by atoms with Gasteiger partial charge in [0.25, 0.3) is 0 Å². The SMILES string of the molecule is O=Cc1ccsc1.O=Cc1ccsc1-c1sccc1C=O. The van der Waals surface area contributed by atoms with Crippen molar-refractivity contribution in [2.45, 2.75) is 0 Å². The summed E-state index contributed by atoms with van der Waals surface area (Å²) in [5.74, 6) is 0. The highest BCUT2D eigenvalue weighted by Crippen LogP contribution is 2.34. The fourth-order valence-corrected chi connectivity index (χ4v) is 4.08. The minimum absolute atomic E-state index is 0.653. The van der Waals surface area contributed by atoms with Crippen LogP contribution >= 0.6 is 34.0 Å². The van der Waals surface area contributed by atoms with Gasteiger partial charge >= 0.3 is 0 Å². The molecule has 0 radical (unpaired) electrons. The van der Waals surface area contributed by atoms with Crippen molar-refractivity contribution in [2.24, 2.45) is 0 Å². The average molecular weight is 334 g/mol. The lowest BCUT2D eigenvalue weighted by atomic mass is 10.2. The van der Waals surface area contributed by atoms with E-state index in [2.05, 4.69) is 0 Å². The molecule has 0 atom stereocenters. The van der Waals surface area contributed by atoms with Crippen LogP contribution in [0.25, 0.3) is 9.75 Å². The second-order valence-electron chi connectivity index (χ2n) is 3.82. The third kappa shape index (κ3) is 3.81. The minimum Gasteiger partial charge on any atom is -0.298 e. The molecule has 3 nitrogen and oxygen atoms in total. The zero-order valence-corrected chi connectivity index (χ0v) is 13.2. The highest BCUT2D eigenvalue weighted by atomic mass is 32.1. The van der Waals surface area contributed by atoms with E-state index in [9.17, 15) is 14.4 Å². The Morgan fingerprint density at radius 1 is 0.714 bits per heavy atom. The Kier molecular flexibility index (Phi) is 5.74. The van der Waals surface area contributed by atoms with Gasteiger partial charge in [-0.15, -0.1) is 22.7 Å². The molecule has 0 fully saturated rings. The summed E-state index contributed by atoms with van der Waals surface area (Å²) < 4.78 is 0. The lowest BCUT2D eigenvalue weighted by Gasteiger charge is -1.94. The molecule has 0 aliphatic heterocycles. The molecule has 0 aromatic carbocycles. The maximum atomic E-state index is 10.7. The third-order valence-electron chi connectivity index (χ3n) is 2.53. The summed E-state index contributed by atoms with van der Waals surface area (Å²) >= 11 is 4.50. The number of thiophene rings is 3. The van der Waals surface area contributed by atoms with Crippen LogP contribution in [0.3, 0.4) is 0 Å². The normalized spacial score (nSPS) is 9.52. The molecule has 0 aliphatic carbocycles. The van der Waals surface area contributed by atoms with E-state index in [1.54, 1.807) is 18.2 Å². The minimum atomic E-state index is 0.653. The van der Waals surface area contributed by atoms with Crippen molar-refractivity contribution in [3.8, 4) is 9.75 Å². The van der Waals surface area contributed by atoms with Gasteiger partial charge in [-0.1, -0.05) is 0 Å². The van der Waals surface area contributed by atoms with Gasteiger partial charge in [-0.05, 0) is 34.3 Å². The summed E-state index contributed by atoms with van der Waals surface area (Å²) in [5, 5.41) is 7.40. The molecule has 0 aliphatic rings. The van der Waals surface area contributed by atoms with E-state index < -0.39 is 0 Å². The van der Waals surface area contributed by atoms with Crippen LogP contribution in [-0.4, -0.2) is 18.9 Å². The van der Waals surface area contributed by atoms with E-state index in [1.807, 2.05) is 21.5 Å². The molecule has 0 bridgehead atoms. The molecule has 3 aromatic rings. The first kappa shape index (κ1) is 15.5. The lowest BCUT2D eigenvalue weighted by Crippen LogP contribution is -1.81. The Labute approximate surface area is 133 Å². The summed E-state index contributed by atoms with van der Waals surface area (Å²) in [6.07, 6.45) is 2.48. The first-order valence-corrected chi connectivity index (χ1v) is 8.53. The Hall–Kier alpha value is -1.89. The van der Waals surface area contributed by atoms with Crippen LogP contribution in [0.15, 0.2) is 39.7 Å². The van der Waals surface area contributed by atoms with E-state index in [4.69, 9.17) is 0 Å². The summed E-state index contributed by atoms with van der Waals surface area (Å²) in [4.78, 5) is 33.1. The van der Waals surface area contributed by atoms with Crippen molar-refractivity contribution in [3.63, 3.8) is 0 Å². The van der Waals surface area contributed by atoms with E-state index in [0.29, 0.717) is 11.1 Å².